The number of hydrogen-bond donors (Lipinski definition) is 1. The molecule has 0 spiro atoms. The van der Waals surface area contributed by atoms with Crippen LogP contribution in [-0.4, -0.2) is 14.8 Å². The molecule has 0 fully saturated rings. The number of alkyl halides is 4. The van der Waals surface area contributed by atoms with Gasteiger partial charge in [0.2, 0.25) is 0 Å². The normalized spacial score (nSPS) is 11.6. The summed E-state index contributed by atoms with van der Waals surface area (Å²) in [7, 11) is 0. The molecule has 0 unspecified atom stereocenters. The Kier molecular flexibility index (Phi) is 4.50. The third-order valence-corrected chi connectivity index (χ3v) is 3.68. The standard InChI is InChI=1S/C12H11BrF4N4/c1-5-7(18)3-2-6(19-5)4-21-10(12(16)17)8(13)9(20-21)11(14)15/h2-3,11-12H,4,18H2,1H3. The van der Waals surface area contributed by atoms with E-state index < -0.39 is 24.2 Å². The molecule has 2 rings (SSSR count). The number of anilines is 1. The van der Waals surface area contributed by atoms with E-state index in [0.29, 0.717) is 17.1 Å². The molecule has 2 aromatic rings. The Labute approximate surface area is 126 Å². The highest BCUT2D eigenvalue weighted by Crippen LogP contribution is 2.35. The number of aromatic nitrogens is 3. The largest absolute Gasteiger partial charge is 0.397 e. The topological polar surface area (TPSA) is 56.7 Å². The number of rotatable bonds is 4. The average molecular weight is 367 g/mol. The maximum absolute atomic E-state index is 13.0. The minimum Gasteiger partial charge on any atom is -0.397 e. The lowest BCUT2D eigenvalue weighted by atomic mass is 10.2. The van der Waals surface area contributed by atoms with Gasteiger partial charge in [0.05, 0.1) is 28.1 Å². The maximum Gasteiger partial charge on any atom is 0.283 e. The van der Waals surface area contributed by atoms with Crippen molar-refractivity contribution >= 4 is 21.6 Å². The smallest absolute Gasteiger partial charge is 0.283 e. The lowest BCUT2D eigenvalue weighted by molar-refractivity contribution is 0.139. The number of hydrogen-bond acceptors (Lipinski definition) is 3. The summed E-state index contributed by atoms with van der Waals surface area (Å²) in [4.78, 5) is 4.12. The summed E-state index contributed by atoms with van der Waals surface area (Å²) in [6, 6.07) is 3.11. The molecule has 0 atom stereocenters. The summed E-state index contributed by atoms with van der Waals surface area (Å²) in [6.45, 7) is 1.52. The van der Waals surface area contributed by atoms with Crippen molar-refractivity contribution in [3.63, 3.8) is 0 Å². The van der Waals surface area contributed by atoms with E-state index in [4.69, 9.17) is 5.73 Å². The van der Waals surface area contributed by atoms with Gasteiger partial charge in [0.25, 0.3) is 12.9 Å². The Bertz CT molecular complexity index is 657. The first-order valence-corrected chi connectivity index (χ1v) is 6.65. The van der Waals surface area contributed by atoms with Gasteiger partial charge in [-0.25, -0.2) is 17.6 Å². The molecule has 0 bridgehead atoms. The van der Waals surface area contributed by atoms with Crippen molar-refractivity contribution < 1.29 is 17.6 Å². The minimum absolute atomic E-state index is 0.147. The number of aryl methyl sites for hydroxylation is 1. The third kappa shape index (κ3) is 3.17. The third-order valence-electron chi connectivity index (χ3n) is 2.87. The molecule has 0 saturated carbocycles. The maximum atomic E-state index is 13.0. The summed E-state index contributed by atoms with van der Waals surface area (Å²) in [5.74, 6) is 0. The zero-order chi connectivity index (χ0) is 15.7. The van der Waals surface area contributed by atoms with Crippen LogP contribution in [0.5, 0.6) is 0 Å². The summed E-state index contributed by atoms with van der Waals surface area (Å²) in [5, 5.41) is 3.55. The van der Waals surface area contributed by atoms with Crippen LogP contribution in [0.25, 0.3) is 0 Å². The summed E-state index contributed by atoms with van der Waals surface area (Å²) >= 11 is 2.76. The fourth-order valence-corrected chi connectivity index (χ4v) is 2.44. The van der Waals surface area contributed by atoms with Gasteiger partial charge in [-0.15, -0.1) is 0 Å². The SMILES string of the molecule is Cc1nc(Cn2nc(C(F)F)c(Br)c2C(F)F)ccc1N. The molecule has 2 aromatic heterocycles. The molecule has 2 N–H and O–H groups in total. The van der Waals surface area contributed by atoms with E-state index >= 15 is 0 Å². The van der Waals surface area contributed by atoms with Gasteiger partial charge in [-0.05, 0) is 35.0 Å². The summed E-state index contributed by atoms with van der Waals surface area (Å²) < 4.78 is 52.0. The van der Waals surface area contributed by atoms with Gasteiger partial charge in [-0.3, -0.25) is 9.67 Å². The van der Waals surface area contributed by atoms with Crippen molar-refractivity contribution in [1.29, 1.82) is 0 Å². The molecule has 0 aliphatic heterocycles. The monoisotopic (exact) mass is 366 g/mol. The molecule has 21 heavy (non-hydrogen) atoms. The van der Waals surface area contributed by atoms with Gasteiger partial charge in [0, 0.05) is 0 Å². The number of nitrogens with two attached hydrogens (primary N) is 1. The van der Waals surface area contributed by atoms with E-state index in [-0.39, 0.29) is 11.0 Å². The van der Waals surface area contributed by atoms with E-state index in [1.54, 1.807) is 13.0 Å². The van der Waals surface area contributed by atoms with Crippen LogP contribution in [0.3, 0.4) is 0 Å². The van der Waals surface area contributed by atoms with Gasteiger partial charge in [0.15, 0.2) is 0 Å². The zero-order valence-electron chi connectivity index (χ0n) is 10.8. The van der Waals surface area contributed by atoms with Crippen LogP contribution in [0, 0.1) is 6.92 Å². The van der Waals surface area contributed by atoms with Crippen molar-refractivity contribution in [3.8, 4) is 0 Å². The summed E-state index contributed by atoms with van der Waals surface area (Å²) in [5.41, 5.74) is 5.71. The minimum atomic E-state index is -2.95. The van der Waals surface area contributed by atoms with E-state index in [0.717, 1.165) is 4.68 Å². The lowest BCUT2D eigenvalue weighted by Crippen LogP contribution is -2.09. The second-order valence-electron chi connectivity index (χ2n) is 4.32. The molecule has 0 amide bonds. The number of pyridine rings is 1. The second-order valence-corrected chi connectivity index (χ2v) is 5.11. The first-order chi connectivity index (χ1) is 9.81. The molecule has 0 aromatic carbocycles. The highest BCUT2D eigenvalue weighted by atomic mass is 79.9. The predicted octanol–water partition coefficient (Wildman–Crippen LogP) is 3.85. The number of nitrogen functional groups attached to an aromatic ring is 1. The highest BCUT2D eigenvalue weighted by molar-refractivity contribution is 9.10. The van der Waals surface area contributed by atoms with Crippen molar-refractivity contribution in [1.82, 2.24) is 14.8 Å². The first kappa shape index (κ1) is 15.7. The van der Waals surface area contributed by atoms with Crippen LogP contribution in [0.1, 0.15) is 35.6 Å². The second kappa shape index (κ2) is 6.00. The Hall–Kier alpha value is -1.64. The lowest BCUT2D eigenvalue weighted by Gasteiger charge is -2.08. The van der Waals surface area contributed by atoms with Crippen LogP contribution in [-0.2, 0) is 6.54 Å². The Morgan fingerprint density at radius 3 is 2.43 bits per heavy atom. The zero-order valence-corrected chi connectivity index (χ0v) is 12.4. The molecular weight excluding hydrogens is 356 g/mol. The van der Waals surface area contributed by atoms with Gasteiger partial charge in [-0.2, -0.15) is 5.10 Å². The number of halogens is 5. The molecule has 0 radical (unpaired) electrons. The van der Waals surface area contributed by atoms with E-state index in [9.17, 15) is 17.6 Å². The van der Waals surface area contributed by atoms with E-state index in [2.05, 4.69) is 26.0 Å². The van der Waals surface area contributed by atoms with E-state index in [1.165, 1.54) is 6.07 Å². The predicted molar refractivity (Wildman–Crippen MR) is 72.3 cm³/mol. The molecule has 4 nitrogen and oxygen atoms in total. The van der Waals surface area contributed by atoms with Gasteiger partial charge in [-0.1, -0.05) is 0 Å². The van der Waals surface area contributed by atoms with Crippen LogP contribution in [0.4, 0.5) is 23.2 Å². The molecule has 0 aliphatic rings. The van der Waals surface area contributed by atoms with Crippen LogP contribution < -0.4 is 5.73 Å². The van der Waals surface area contributed by atoms with Crippen LogP contribution in [0.2, 0.25) is 0 Å². The molecule has 2 heterocycles. The van der Waals surface area contributed by atoms with Crippen LogP contribution in [0.15, 0.2) is 16.6 Å². The van der Waals surface area contributed by atoms with E-state index in [1.807, 2.05) is 0 Å². The van der Waals surface area contributed by atoms with Crippen molar-refractivity contribution in [2.24, 2.45) is 0 Å². The molecule has 114 valence electrons. The average Bonchev–Trinajstić information content (AvgIpc) is 2.71. The van der Waals surface area contributed by atoms with Crippen LogP contribution >= 0.6 is 15.9 Å². The van der Waals surface area contributed by atoms with Gasteiger partial charge < -0.3 is 5.73 Å². The highest BCUT2D eigenvalue weighted by Gasteiger charge is 2.27. The molecule has 0 aliphatic carbocycles. The Balaban J connectivity index is 2.43. The Morgan fingerprint density at radius 2 is 1.90 bits per heavy atom. The molecule has 9 heteroatoms. The van der Waals surface area contributed by atoms with Crippen molar-refractivity contribution in [3.05, 3.63) is 39.4 Å². The molecular formula is C12H11BrF4N4. The van der Waals surface area contributed by atoms with Crippen molar-refractivity contribution in [2.75, 3.05) is 5.73 Å². The van der Waals surface area contributed by atoms with Crippen molar-refractivity contribution in [2.45, 2.75) is 26.3 Å². The Morgan fingerprint density at radius 1 is 1.24 bits per heavy atom. The summed E-state index contributed by atoms with van der Waals surface area (Å²) in [6.07, 6.45) is -5.88. The first-order valence-electron chi connectivity index (χ1n) is 5.85. The molecule has 0 saturated heterocycles. The number of nitrogens with zero attached hydrogens (tertiary/aromatic N) is 3. The van der Waals surface area contributed by atoms with Gasteiger partial charge >= 0.3 is 0 Å². The fourth-order valence-electron chi connectivity index (χ4n) is 1.81. The fraction of sp³-hybridized carbons (Fsp3) is 0.333. The van der Waals surface area contributed by atoms with Gasteiger partial charge in [0.1, 0.15) is 11.4 Å². The quantitative estimate of drug-likeness (QED) is 0.836.